The number of nitrogens with zero attached hydrogens (tertiary/aromatic N) is 2. The molecule has 2 heterocycles. The van der Waals surface area contributed by atoms with Crippen LogP contribution in [0.15, 0.2) is 79.7 Å². The van der Waals surface area contributed by atoms with Gasteiger partial charge in [0.25, 0.3) is 0 Å². The monoisotopic (exact) mass is 544 g/mol. The lowest BCUT2D eigenvalue weighted by Crippen LogP contribution is -2.04. The van der Waals surface area contributed by atoms with Crippen LogP contribution in [0.4, 0.5) is 26.3 Å². The second-order valence-corrected chi connectivity index (χ2v) is 8.09. The van der Waals surface area contributed by atoms with Crippen LogP contribution in [0.3, 0.4) is 0 Å². The molecule has 0 atom stereocenters. The first-order valence-corrected chi connectivity index (χ1v) is 10.7. The third-order valence-corrected chi connectivity index (χ3v) is 5.47. The summed E-state index contributed by atoms with van der Waals surface area (Å²) in [6.07, 6.45) is -6.67. The lowest BCUT2D eigenvalue weighted by atomic mass is 10.1. The predicted octanol–water partition coefficient (Wildman–Crippen LogP) is 9.00. The zero-order chi connectivity index (χ0) is 26.1. The van der Waals surface area contributed by atoms with Gasteiger partial charge in [-0.2, -0.15) is 36.5 Å². The average Bonchev–Trinajstić information content (AvgIpc) is 3.45. The van der Waals surface area contributed by atoms with Crippen LogP contribution in [0.1, 0.15) is 22.6 Å². The summed E-state index contributed by atoms with van der Waals surface area (Å²) in [5.41, 5.74) is -1.62. The lowest BCUT2D eigenvalue weighted by molar-refractivity contribution is -0.138. The van der Waals surface area contributed by atoms with E-state index in [1.54, 1.807) is 0 Å². The van der Waals surface area contributed by atoms with Gasteiger partial charge in [-0.1, -0.05) is 23.2 Å². The summed E-state index contributed by atoms with van der Waals surface area (Å²) >= 11 is 12.0. The van der Waals surface area contributed by atoms with Crippen LogP contribution >= 0.6 is 23.2 Å². The van der Waals surface area contributed by atoms with Gasteiger partial charge in [0.15, 0.2) is 0 Å². The van der Waals surface area contributed by atoms with Crippen molar-refractivity contribution in [2.45, 2.75) is 12.4 Å². The highest BCUT2D eigenvalue weighted by Crippen LogP contribution is 2.37. The Bertz CT molecular complexity index is 1340. The Hall–Kier alpha value is -3.50. The second-order valence-electron chi connectivity index (χ2n) is 7.28. The molecule has 2 aromatic carbocycles. The van der Waals surface area contributed by atoms with E-state index in [0.29, 0.717) is 0 Å². The maximum Gasteiger partial charge on any atom is 0.416 e. The minimum atomic E-state index is -4.54. The molecule has 4 aromatic rings. The van der Waals surface area contributed by atoms with Crippen molar-refractivity contribution >= 4 is 35.6 Å². The summed E-state index contributed by atoms with van der Waals surface area (Å²) in [4.78, 5) is 0. The van der Waals surface area contributed by atoms with E-state index < -0.39 is 23.5 Å². The zero-order valence-corrected chi connectivity index (χ0v) is 19.2. The van der Waals surface area contributed by atoms with E-state index in [1.807, 2.05) is 0 Å². The van der Waals surface area contributed by atoms with Crippen LogP contribution in [-0.4, -0.2) is 12.4 Å². The van der Waals surface area contributed by atoms with Crippen molar-refractivity contribution in [2.24, 2.45) is 10.2 Å². The number of furan rings is 2. The average molecular weight is 545 g/mol. The highest BCUT2D eigenvalue weighted by atomic mass is 35.5. The predicted molar refractivity (Wildman–Crippen MR) is 123 cm³/mol. The number of hydrogen-bond acceptors (Lipinski definition) is 4. The molecule has 186 valence electrons. The quantitative estimate of drug-likeness (QED) is 0.143. The molecule has 0 aliphatic rings. The normalized spacial score (nSPS) is 12.8. The lowest BCUT2D eigenvalue weighted by Gasteiger charge is -2.09. The molecule has 0 unspecified atom stereocenters. The van der Waals surface area contributed by atoms with Crippen molar-refractivity contribution in [2.75, 3.05) is 0 Å². The third kappa shape index (κ3) is 5.83. The number of halogens is 8. The van der Waals surface area contributed by atoms with E-state index in [2.05, 4.69) is 10.2 Å². The molecule has 0 N–H and O–H groups in total. The van der Waals surface area contributed by atoms with E-state index in [9.17, 15) is 26.3 Å². The SMILES string of the molecule is FC(F)(F)c1ccc(Cl)c(-c2ccc(/C=N/N=C/c3ccc(-c4cc(C(F)(F)F)ccc4Cl)o3)o2)c1. The number of rotatable bonds is 5. The summed E-state index contributed by atoms with van der Waals surface area (Å²) in [6.45, 7) is 0. The molecule has 4 rings (SSSR count). The Morgan fingerprint density at radius 1 is 0.583 bits per heavy atom. The molecule has 0 aliphatic heterocycles. The van der Waals surface area contributed by atoms with Crippen LogP contribution in [0.25, 0.3) is 22.6 Å². The molecule has 36 heavy (non-hydrogen) atoms. The summed E-state index contributed by atoms with van der Waals surface area (Å²) < 4.78 is 88.8. The van der Waals surface area contributed by atoms with Crippen molar-refractivity contribution in [3.05, 3.63) is 93.4 Å². The number of hydrogen-bond donors (Lipinski definition) is 0. The molecule has 0 radical (unpaired) electrons. The Kier molecular flexibility index (Phi) is 7.01. The second kappa shape index (κ2) is 9.87. The third-order valence-electron chi connectivity index (χ3n) is 4.81. The molecule has 0 saturated carbocycles. The largest absolute Gasteiger partial charge is 0.455 e. The van der Waals surface area contributed by atoms with Crippen LogP contribution in [-0.2, 0) is 12.4 Å². The van der Waals surface area contributed by atoms with E-state index >= 15 is 0 Å². The van der Waals surface area contributed by atoms with Gasteiger partial charge in [0.1, 0.15) is 23.0 Å². The van der Waals surface area contributed by atoms with Crippen molar-refractivity contribution in [3.63, 3.8) is 0 Å². The van der Waals surface area contributed by atoms with Gasteiger partial charge < -0.3 is 8.83 Å². The van der Waals surface area contributed by atoms with E-state index in [4.69, 9.17) is 32.0 Å². The highest BCUT2D eigenvalue weighted by Gasteiger charge is 2.32. The van der Waals surface area contributed by atoms with Crippen molar-refractivity contribution in [1.82, 2.24) is 0 Å². The van der Waals surface area contributed by atoms with Crippen molar-refractivity contribution < 1.29 is 35.2 Å². The van der Waals surface area contributed by atoms with Crippen LogP contribution < -0.4 is 0 Å². The van der Waals surface area contributed by atoms with Crippen LogP contribution in [0, 0.1) is 0 Å². The fourth-order valence-electron chi connectivity index (χ4n) is 3.10. The van der Waals surface area contributed by atoms with Gasteiger partial charge in [-0.15, -0.1) is 0 Å². The molecule has 0 spiro atoms. The molecule has 0 aliphatic carbocycles. The van der Waals surface area contributed by atoms with Crippen molar-refractivity contribution in [3.8, 4) is 22.6 Å². The van der Waals surface area contributed by atoms with Gasteiger partial charge in [-0.3, -0.25) is 0 Å². The molecule has 2 aromatic heterocycles. The maximum atomic E-state index is 13.0. The molecule has 4 nitrogen and oxygen atoms in total. The fourth-order valence-corrected chi connectivity index (χ4v) is 3.52. The summed E-state index contributed by atoms with van der Waals surface area (Å²) in [5.74, 6) is 0.577. The molecular weight excluding hydrogens is 533 g/mol. The topological polar surface area (TPSA) is 51.0 Å². The Morgan fingerprint density at radius 2 is 0.972 bits per heavy atom. The van der Waals surface area contributed by atoms with E-state index in [1.165, 1.54) is 36.7 Å². The summed E-state index contributed by atoms with van der Waals surface area (Å²) in [6, 6.07) is 11.6. The van der Waals surface area contributed by atoms with Gasteiger partial charge in [-0.05, 0) is 60.7 Å². The molecule has 0 amide bonds. The molecular formula is C24H12Cl2F6N2O2. The van der Waals surface area contributed by atoms with Gasteiger partial charge in [0.05, 0.1) is 33.6 Å². The Morgan fingerprint density at radius 3 is 1.33 bits per heavy atom. The first-order chi connectivity index (χ1) is 16.9. The Labute approximate surface area is 209 Å². The molecule has 0 bridgehead atoms. The van der Waals surface area contributed by atoms with Crippen LogP contribution in [0.5, 0.6) is 0 Å². The minimum absolute atomic E-state index is 0.0611. The number of alkyl halides is 6. The van der Waals surface area contributed by atoms with Crippen LogP contribution in [0.2, 0.25) is 10.0 Å². The molecule has 0 fully saturated rings. The Balaban J connectivity index is 1.47. The van der Waals surface area contributed by atoms with Gasteiger partial charge in [-0.25, -0.2) is 0 Å². The van der Waals surface area contributed by atoms with Crippen molar-refractivity contribution in [1.29, 1.82) is 0 Å². The molecule has 12 heteroatoms. The van der Waals surface area contributed by atoms with Gasteiger partial charge in [0, 0.05) is 11.1 Å². The first-order valence-electron chi connectivity index (χ1n) is 9.92. The highest BCUT2D eigenvalue weighted by molar-refractivity contribution is 6.33. The summed E-state index contributed by atoms with van der Waals surface area (Å²) in [5, 5.41) is 7.70. The number of benzene rings is 2. The first kappa shape index (κ1) is 25.6. The zero-order valence-electron chi connectivity index (χ0n) is 17.7. The van der Waals surface area contributed by atoms with E-state index in [-0.39, 0.29) is 44.2 Å². The fraction of sp³-hybridized carbons (Fsp3) is 0.0833. The summed E-state index contributed by atoms with van der Waals surface area (Å²) in [7, 11) is 0. The van der Waals surface area contributed by atoms with E-state index in [0.717, 1.165) is 36.4 Å². The standard InChI is InChI=1S/C24H12Cl2F6N2O2/c25-19-5-1-13(23(27,28)29)9-17(19)21-7-3-15(35-21)11-33-34-12-16-4-8-22(36-16)18-10-14(24(30,31)32)2-6-20(18)26/h1-12H/b33-11+,34-12+. The maximum absolute atomic E-state index is 13.0. The molecule has 0 saturated heterocycles. The van der Waals surface area contributed by atoms with Gasteiger partial charge >= 0.3 is 12.4 Å². The van der Waals surface area contributed by atoms with Gasteiger partial charge in [0.2, 0.25) is 0 Å². The minimum Gasteiger partial charge on any atom is -0.455 e. The smallest absolute Gasteiger partial charge is 0.416 e.